The molecule has 0 aromatic rings. The average molecular weight is 206 g/mol. The molecule has 0 spiro atoms. The average Bonchev–Trinajstić information content (AvgIpc) is 2.13. The number of rotatable bonds is 6. The van der Waals surface area contributed by atoms with Crippen LogP contribution in [0.4, 0.5) is 0 Å². The van der Waals surface area contributed by atoms with Crippen molar-refractivity contribution in [2.75, 3.05) is 12.9 Å². The van der Waals surface area contributed by atoms with Crippen molar-refractivity contribution < 1.29 is 4.79 Å². The zero-order valence-corrected chi connectivity index (χ0v) is 9.60. The molecule has 1 amide bonds. The van der Waals surface area contributed by atoms with Crippen molar-refractivity contribution in [3.05, 3.63) is 0 Å². The summed E-state index contributed by atoms with van der Waals surface area (Å²) in [7, 11) is 1.87. The minimum Gasteiger partial charge on any atom is -0.343 e. The van der Waals surface area contributed by atoms with Crippen molar-refractivity contribution in [1.82, 2.24) is 4.90 Å². The Morgan fingerprint density at radius 2 is 2.15 bits per heavy atom. The van der Waals surface area contributed by atoms with E-state index in [2.05, 4.69) is 13.8 Å². The lowest BCUT2D eigenvalue weighted by molar-refractivity contribution is -0.131. The Balaban J connectivity index is 3.79. The van der Waals surface area contributed by atoms with Crippen molar-refractivity contribution in [1.29, 1.82) is 0 Å². The predicted molar refractivity (Wildman–Crippen MR) is 57.1 cm³/mol. The van der Waals surface area contributed by atoms with Gasteiger partial charge in [-0.1, -0.05) is 13.3 Å². The largest absolute Gasteiger partial charge is 0.343 e. The van der Waals surface area contributed by atoms with E-state index >= 15 is 0 Å². The Morgan fingerprint density at radius 1 is 1.54 bits per heavy atom. The monoisotopic (exact) mass is 205 g/mol. The quantitative estimate of drug-likeness (QED) is 0.611. The van der Waals surface area contributed by atoms with Gasteiger partial charge in [0.25, 0.3) is 0 Å². The van der Waals surface area contributed by atoms with E-state index in [0.717, 1.165) is 19.3 Å². The molecule has 1 atom stereocenters. The fourth-order valence-electron chi connectivity index (χ4n) is 1.25. The smallest absolute Gasteiger partial charge is 0.222 e. The van der Waals surface area contributed by atoms with Gasteiger partial charge in [0, 0.05) is 25.4 Å². The maximum absolute atomic E-state index is 11.5. The lowest BCUT2D eigenvalue weighted by Crippen LogP contribution is -2.34. The summed E-state index contributed by atoms with van der Waals surface area (Å²) in [5.41, 5.74) is 0. The van der Waals surface area contributed by atoms with Gasteiger partial charge in [0.2, 0.25) is 5.91 Å². The van der Waals surface area contributed by atoms with Crippen LogP contribution in [0, 0.1) is 0 Å². The molecule has 0 rings (SSSR count). The maximum atomic E-state index is 11.5. The SMILES string of the molecule is CCCC(C)N(C)C(=O)CCCCl. The number of hydrogen-bond acceptors (Lipinski definition) is 1. The number of nitrogens with zero attached hydrogens (tertiary/aromatic N) is 1. The van der Waals surface area contributed by atoms with Gasteiger partial charge < -0.3 is 4.90 Å². The zero-order chi connectivity index (χ0) is 10.3. The van der Waals surface area contributed by atoms with Crippen molar-refractivity contribution in [3.63, 3.8) is 0 Å². The van der Waals surface area contributed by atoms with Gasteiger partial charge in [-0.25, -0.2) is 0 Å². The number of carbonyl (C=O) groups is 1. The second-order valence-corrected chi connectivity index (χ2v) is 3.81. The summed E-state index contributed by atoms with van der Waals surface area (Å²) in [6.45, 7) is 4.22. The van der Waals surface area contributed by atoms with Crippen molar-refractivity contribution in [2.45, 2.75) is 45.6 Å². The summed E-state index contributed by atoms with van der Waals surface area (Å²) in [5, 5.41) is 0. The third-order valence-electron chi connectivity index (χ3n) is 2.29. The molecule has 0 bridgehead atoms. The molecule has 0 aromatic heterocycles. The summed E-state index contributed by atoms with van der Waals surface area (Å²) in [6, 6.07) is 0.354. The third kappa shape index (κ3) is 5.14. The normalized spacial score (nSPS) is 12.6. The lowest BCUT2D eigenvalue weighted by atomic mass is 10.1. The van der Waals surface area contributed by atoms with Crippen LogP contribution >= 0.6 is 11.6 Å². The Kier molecular flexibility index (Phi) is 7.06. The summed E-state index contributed by atoms with van der Waals surface area (Å²) >= 11 is 5.52. The van der Waals surface area contributed by atoms with E-state index in [4.69, 9.17) is 11.6 Å². The van der Waals surface area contributed by atoms with Crippen molar-refractivity contribution in [3.8, 4) is 0 Å². The van der Waals surface area contributed by atoms with Crippen LogP contribution in [-0.4, -0.2) is 29.8 Å². The first kappa shape index (κ1) is 12.8. The summed E-state index contributed by atoms with van der Waals surface area (Å²) < 4.78 is 0. The summed E-state index contributed by atoms with van der Waals surface area (Å²) in [5.74, 6) is 0.781. The van der Waals surface area contributed by atoms with Crippen LogP contribution < -0.4 is 0 Å². The first-order valence-corrected chi connectivity index (χ1v) is 5.48. The molecular weight excluding hydrogens is 186 g/mol. The number of halogens is 1. The van der Waals surface area contributed by atoms with Gasteiger partial charge >= 0.3 is 0 Å². The van der Waals surface area contributed by atoms with E-state index in [1.165, 1.54) is 0 Å². The molecule has 0 heterocycles. The molecule has 0 aliphatic carbocycles. The Labute approximate surface area is 86.2 Å². The van der Waals surface area contributed by atoms with Crippen molar-refractivity contribution >= 4 is 17.5 Å². The molecule has 0 fully saturated rings. The number of alkyl halides is 1. The third-order valence-corrected chi connectivity index (χ3v) is 2.55. The molecule has 13 heavy (non-hydrogen) atoms. The molecule has 2 nitrogen and oxygen atoms in total. The van der Waals surface area contributed by atoms with E-state index in [-0.39, 0.29) is 5.91 Å². The number of carbonyl (C=O) groups excluding carboxylic acids is 1. The van der Waals surface area contributed by atoms with Gasteiger partial charge in [0.15, 0.2) is 0 Å². The zero-order valence-electron chi connectivity index (χ0n) is 8.85. The minimum atomic E-state index is 0.210. The van der Waals surface area contributed by atoms with Crippen LogP contribution in [0.3, 0.4) is 0 Å². The predicted octanol–water partition coefficient (Wildman–Crippen LogP) is 2.65. The van der Waals surface area contributed by atoms with Gasteiger partial charge in [0.1, 0.15) is 0 Å². The molecule has 0 N–H and O–H groups in total. The summed E-state index contributed by atoms with van der Waals surface area (Å²) in [4.78, 5) is 13.3. The van der Waals surface area contributed by atoms with Gasteiger partial charge in [-0.2, -0.15) is 0 Å². The minimum absolute atomic E-state index is 0.210. The molecule has 1 unspecified atom stereocenters. The molecular formula is C10H20ClNO. The lowest BCUT2D eigenvalue weighted by Gasteiger charge is -2.24. The van der Waals surface area contributed by atoms with E-state index in [1.807, 2.05) is 11.9 Å². The van der Waals surface area contributed by atoms with Crippen LogP contribution in [0.1, 0.15) is 39.5 Å². The van der Waals surface area contributed by atoms with Gasteiger partial charge in [-0.05, 0) is 19.8 Å². The molecule has 0 aliphatic heterocycles. The first-order chi connectivity index (χ1) is 6.13. The molecule has 0 radical (unpaired) electrons. The highest BCUT2D eigenvalue weighted by Crippen LogP contribution is 2.06. The van der Waals surface area contributed by atoms with Crippen LogP contribution in [0.2, 0.25) is 0 Å². The molecule has 78 valence electrons. The van der Waals surface area contributed by atoms with Crippen molar-refractivity contribution in [2.24, 2.45) is 0 Å². The van der Waals surface area contributed by atoms with Crippen LogP contribution in [0.15, 0.2) is 0 Å². The molecule has 0 aromatic carbocycles. The molecule has 0 aliphatic rings. The second kappa shape index (κ2) is 7.19. The molecule has 3 heteroatoms. The van der Waals surface area contributed by atoms with E-state index < -0.39 is 0 Å². The number of amides is 1. The van der Waals surface area contributed by atoms with Crippen LogP contribution in [0.5, 0.6) is 0 Å². The first-order valence-electron chi connectivity index (χ1n) is 4.95. The molecule has 0 saturated heterocycles. The van der Waals surface area contributed by atoms with Gasteiger partial charge in [0.05, 0.1) is 0 Å². The molecule has 0 saturated carbocycles. The van der Waals surface area contributed by atoms with Crippen LogP contribution in [-0.2, 0) is 4.79 Å². The highest BCUT2D eigenvalue weighted by Gasteiger charge is 2.13. The van der Waals surface area contributed by atoms with E-state index in [1.54, 1.807) is 0 Å². The standard InChI is InChI=1S/C10H20ClNO/c1-4-6-9(2)12(3)10(13)7-5-8-11/h9H,4-8H2,1-3H3. The highest BCUT2D eigenvalue weighted by atomic mass is 35.5. The van der Waals surface area contributed by atoms with E-state index in [9.17, 15) is 4.79 Å². The Bertz CT molecular complexity index is 150. The number of hydrogen-bond donors (Lipinski definition) is 0. The summed E-state index contributed by atoms with van der Waals surface area (Å²) in [6.07, 6.45) is 3.55. The van der Waals surface area contributed by atoms with Gasteiger partial charge in [-0.15, -0.1) is 11.6 Å². The Hall–Kier alpha value is -0.240. The second-order valence-electron chi connectivity index (χ2n) is 3.43. The van der Waals surface area contributed by atoms with Crippen LogP contribution in [0.25, 0.3) is 0 Å². The fraction of sp³-hybridized carbons (Fsp3) is 0.900. The van der Waals surface area contributed by atoms with Gasteiger partial charge in [-0.3, -0.25) is 4.79 Å². The Morgan fingerprint density at radius 3 is 2.62 bits per heavy atom. The maximum Gasteiger partial charge on any atom is 0.222 e. The van der Waals surface area contributed by atoms with E-state index in [0.29, 0.717) is 18.3 Å². The highest BCUT2D eigenvalue weighted by molar-refractivity contribution is 6.17. The topological polar surface area (TPSA) is 20.3 Å². The fourth-order valence-corrected chi connectivity index (χ4v) is 1.39.